The second-order valence-corrected chi connectivity index (χ2v) is 4.82. The molecule has 2 unspecified atom stereocenters. The van der Waals surface area contributed by atoms with E-state index in [2.05, 4.69) is 43.2 Å². The molecule has 1 aromatic rings. The molecular weight excluding hydrogens is 230 g/mol. The summed E-state index contributed by atoms with van der Waals surface area (Å²) in [6, 6.07) is 0. The summed E-state index contributed by atoms with van der Waals surface area (Å²) in [7, 11) is 0. The van der Waals surface area contributed by atoms with Crippen molar-refractivity contribution in [2.75, 3.05) is 19.7 Å². The average molecular weight is 255 g/mol. The van der Waals surface area contributed by atoms with Crippen LogP contribution in [0.15, 0.2) is 4.52 Å². The van der Waals surface area contributed by atoms with Gasteiger partial charge >= 0.3 is 0 Å². The third kappa shape index (κ3) is 4.07. The van der Waals surface area contributed by atoms with E-state index in [0.29, 0.717) is 24.2 Å². The van der Waals surface area contributed by atoms with E-state index in [0.717, 1.165) is 13.1 Å². The van der Waals surface area contributed by atoms with Gasteiger partial charge in [-0.25, -0.2) is 0 Å². The highest BCUT2D eigenvalue weighted by Gasteiger charge is 2.23. The lowest BCUT2D eigenvalue weighted by Gasteiger charge is -2.16. The average Bonchev–Trinajstić information content (AvgIpc) is 2.81. The first-order valence-corrected chi connectivity index (χ1v) is 6.75. The second-order valence-electron chi connectivity index (χ2n) is 4.82. The van der Waals surface area contributed by atoms with Gasteiger partial charge in [-0.2, -0.15) is 4.98 Å². The number of hydrogen-bond donors (Lipinski definition) is 1. The van der Waals surface area contributed by atoms with Gasteiger partial charge in [0.1, 0.15) is 6.10 Å². The molecule has 1 heterocycles. The highest BCUT2D eigenvalue weighted by molar-refractivity contribution is 4.97. The number of hydrogen-bond acceptors (Lipinski definition) is 5. The summed E-state index contributed by atoms with van der Waals surface area (Å²) in [5, 5.41) is 7.32. The van der Waals surface area contributed by atoms with Crippen molar-refractivity contribution < 1.29 is 9.26 Å². The lowest BCUT2D eigenvalue weighted by molar-refractivity contribution is 0.0217. The first-order valence-electron chi connectivity index (χ1n) is 6.75. The van der Waals surface area contributed by atoms with Crippen molar-refractivity contribution >= 4 is 0 Å². The Balaban J connectivity index is 2.71. The standard InChI is InChI=1S/C13H25N3O2/c1-6-14-8-10(5)13-15-12(16-18-13)11(9(3)4)17-7-2/h9-11,14H,6-8H2,1-5H3. The van der Waals surface area contributed by atoms with Crippen LogP contribution in [0.1, 0.15) is 58.4 Å². The molecule has 0 amide bonds. The van der Waals surface area contributed by atoms with Gasteiger partial charge in [-0.15, -0.1) is 0 Å². The fraction of sp³-hybridized carbons (Fsp3) is 0.846. The van der Waals surface area contributed by atoms with Gasteiger partial charge in [0.2, 0.25) is 11.7 Å². The Morgan fingerprint density at radius 1 is 1.28 bits per heavy atom. The van der Waals surface area contributed by atoms with E-state index in [-0.39, 0.29) is 12.0 Å². The highest BCUT2D eigenvalue weighted by Crippen LogP contribution is 2.24. The van der Waals surface area contributed by atoms with E-state index < -0.39 is 0 Å². The van der Waals surface area contributed by atoms with Crippen molar-refractivity contribution in [2.24, 2.45) is 5.92 Å². The summed E-state index contributed by atoms with van der Waals surface area (Å²) >= 11 is 0. The molecule has 0 saturated carbocycles. The normalized spacial score (nSPS) is 15.0. The fourth-order valence-electron chi connectivity index (χ4n) is 1.76. The topological polar surface area (TPSA) is 60.2 Å². The van der Waals surface area contributed by atoms with Gasteiger partial charge in [0.25, 0.3) is 0 Å². The van der Waals surface area contributed by atoms with Crippen LogP contribution in [0.2, 0.25) is 0 Å². The molecule has 5 nitrogen and oxygen atoms in total. The van der Waals surface area contributed by atoms with Crippen LogP contribution in [0.3, 0.4) is 0 Å². The first-order chi connectivity index (χ1) is 8.60. The minimum atomic E-state index is -0.0844. The molecule has 0 aliphatic carbocycles. The van der Waals surface area contributed by atoms with Crippen LogP contribution in [-0.4, -0.2) is 29.8 Å². The van der Waals surface area contributed by atoms with Crippen LogP contribution in [0, 0.1) is 5.92 Å². The minimum absolute atomic E-state index is 0.0844. The zero-order chi connectivity index (χ0) is 13.5. The molecule has 0 saturated heterocycles. The Bertz CT molecular complexity index is 339. The van der Waals surface area contributed by atoms with Crippen LogP contribution in [0.25, 0.3) is 0 Å². The molecule has 0 aromatic carbocycles. The van der Waals surface area contributed by atoms with Gasteiger partial charge in [0.15, 0.2) is 0 Å². The van der Waals surface area contributed by atoms with Crippen LogP contribution >= 0.6 is 0 Å². The van der Waals surface area contributed by atoms with Crippen molar-refractivity contribution in [1.82, 2.24) is 15.5 Å². The summed E-state index contributed by atoms with van der Waals surface area (Å²) < 4.78 is 11.0. The van der Waals surface area contributed by atoms with E-state index in [4.69, 9.17) is 9.26 Å². The Morgan fingerprint density at radius 3 is 2.56 bits per heavy atom. The van der Waals surface area contributed by atoms with Gasteiger partial charge < -0.3 is 14.6 Å². The van der Waals surface area contributed by atoms with Crippen molar-refractivity contribution in [3.8, 4) is 0 Å². The third-order valence-corrected chi connectivity index (χ3v) is 2.79. The van der Waals surface area contributed by atoms with Gasteiger partial charge in [-0.1, -0.05) is 32.9 Å². The molecule has 1 aromatic heterocycles. The Kier molecular flexibility index (Phi) is 6.29. The number of rotatable bonds is 8. The maximum Gasteiger partial charge on any atom is 0.230 e. The number of aromatic nitrogens is 2. The van der Waals surface area contributed by atoms with Gasteiger partial charge in [0, 0.05) is 19.1 Å². The lowest BCUT2D eigenvalue weighted by Crippen LogP contribution is -2.19. The molecule has 0 spiro atoms. The van der Waals surface area contributed by atoms with E-state index in [1.165, 1.54) is 0 Å². The molecule has 2 atom stereocenters. The molecule has 18 heavy (non-hydrogen) atoms. The molecule has 0 radical (unpaired) electrons. The monoisotopic (exact) mass is 255 g/mol. The number of ether oxygens (including phenoxy) is 1. The number of nitrogens with zero attached hydrogens (tertiary/aromatic N) is 2. The lowest BCUT2D eigenvalue weighted by atomic mass is 10.1. The number of likely N-dealkylation sites (N-methyl/N-ethyl adjacent to an activating group) is 1. The van der Waals surface area contributed by atoms with Crippen LogP contribution in [0.4, 0.5) is 0 Å². The molecule has 0 aliphatic heterocycles. The minimum Gasteiger partial charge on any atom is -0.370 e. The molecule has 0 aliphatic rings. The summed E-state index contributed by atoms with van der Waals surface area (Å²) in [6.07, 6.45) is -0.0844. The van der Waals surface area contributed by atoms with Crippen molar-refractivity contribution in [2.45, 2.75) is 46.6 Å². The molecule has 0 fully saturated rings. The van der Waals surface area contributed by atoms with Crippen LogP contribution in [-0.2, 0) is 4.74 Å². The Morgan fingerprint density at radius 2 is 2.00 bits per heavy atom. The quantitative estimate of drug-likeness (QED) is 0.773. The SMILES string of the molecule is CCNCC(C)c1nc(C(OCC)C(C)C)no1. The highest BCUT2D eigenvalue weighted by atomic mass is 16.5. The Hall–Kier alpha value is -0.940. The van der Waals surface area contributed by atoms with E-state index in [1.54, 1.807) is 0 Å². The largest absolute Gasteiger partial charge is 0.370 e. The molecule has 104 valence electrons. The molecule has 1 rings (SSSR count). The molecule has 5 heteroatoms. The smallest absolute Gasteiger partial charge is 0.230 e. The van der Waals surface area contributed by atoms with Crippen LogP contribution < -0.4 is 5.32 Å². The Labute approximate surface area is 109 Å². The van der Waals surface area contributed by atoms with Gasteiger partial charge in [-0.05, 0) is 19.4 Å². The molecule has 0 bridgehead atoms. The van der Waals surface area contributed by atoms with Gasteiger partial charge in [-0.3, -0.25) is 0 Å². The van der Waals surface area contributed by atoms with Crippen molar-refractivity contribution in [3.05, 3.63) is 11.7 Å². The number of nitrogens with one attached hydrogen (secondary N) is 1. The predicted molar refractivity (Wildman–Crippen MR) is 70.5 cm³/mol. The second kappa shape index (κ2) is 7.48. The zero-order valence-corrected chi connectivity index (χ0v) is 12.1. The maximum atomic E-state index is 5.66. The van der Waals surface area contributed by atoms with E-state index in [9.17, 15) is 0 Å². The summed E-state index contributed by atoms with van der Waals surface area (Å²) in [6.45, 7) is 12.8. The summed E-state index contributed by atoms with van der Waals surface area (Å²) in [5.41, 5.74) is 0. The summed E-state index contributed by atoms with van der Waals surface area (Å²) in [5.74, 6) is 1.89. The molecular formula is C13H25N3O2. The zero-order valence-electron chi connectivity index (χ0n) is 12.1. The van der Waals surface area contributed by atoms with Crippen LogP contribution in [0.5, 0.6) is 0 Å². The van der Waals surface area contributed by atoms with Crippen molar-refractivity contribution in [1.29, 1.82) is 0 Å². The van der Waals surface area contributed by atoms with E-state index in [1.807, 2.05) is 6.92 Å². The maximum absolute atomic E-state index is 5.66. The third-order valence-electron chi connectivity index (χ3n) is 2.79. The predicted octanol–water partition coefficient (Wildman–Crippen LogP) is 2.52. The fourth-order valence-corrected chi connectivity index (χ4v) is 1.76. The van der Waals surface area contributed by atoms with Crippen molar-refractivity contribution in [3.63, 3.8) is 0 Å². The van der Waals surface area contributed by atoms with E-state index >= 15 is 0 Å². The first kappa shape index (κ1) is 15.1. The summed E-state index contributed by atoms with van der Waals surface area (Å²) in [4.78, 5) is 4.46. The molecule has 1 N–H and O–H groups in total. The van der Waals surface area contributed by atoms with Gasteiger partial charge in [0.05, 0.1) is 0 Å².